The molecule has 0 spiro atoms. The molecule has 1 nitrogen and oxygen atoms in total. The van der Waals surface area contributed by atoms with Crippen molar-refractivity contribution < 1.29 is 7.46 Å². The summed E-state index contributed by atoms with van der Waals surface area (Å²) in [6, 6.07) is 9.89. The van der Waals surface area contributed by atoms with Crippen LogP contribution in [0.25, 0.3) is 11.6 Å². The number of hydrogen-bond acceptors (Lipinski definition) is 1. The van der Waals surface area contributed by atoms with Crippen LogP contribution in [0.4, 0.5) is 4.39 Å². The zero-order chi connectivity index (χ0) is 16.7. The highest BCUT2D eigenvalue weighted by Crippen LogP contribution is 2.41. The van der Waals surface area contributed by atoms with Gasteiger partial charge >= 0.3 is 0 Å². The maximum Gasteiger partial charge on any atom is 0.192 e. The summed E-state index contributed by atoms with van der Waals surface area (Å²) in [5, 5.41) is 0. The Morgan fingerprint density at radius 3 is 2.71 bits per heavy atom. The number of benzene rings is 2. The summed E-state index contributed by atoms with van der Waals surface area (Å²) in [5.41, 5.74) is 7.46. The number of fused-ring (bicyclic) bond motifs is 3. The van der Waals surface area contributed by atoms with Gasteiger partial charge in [0.05, 0.1) is 0 Å². The molecule has 0 heterocycles. The third-order valence-electron chi connectivity index (χ3n) is 5.03. The average Bonchev–Trinajstić information content (AvgIpc) is 2.63. The van der Waals surface area contributed by atoms with Crippen LogP contribution in [0.1, 0.15) is 46.2 Å². The average molecular weight is 432 g/mol. The number of rotatable bonds is 2. The Hall–Kier alpha value is -1.62. The van der Waals surface area contributed by atoms with Gasteiger partial charge < -0.3 is 3.07 Å². The predicted molar refractivity (Wildman–Crippen MR) is 104 cm³/mol. The van der Waals surface area contributed by atoms with E-state index in [0.717, 1.165) is 42.6 Å². The Balaban J connectivity index is 1.98. The molecule has 122 valence electrons. The van der Waals surface area contributed by atoms with Crippen molar-refractivity contribution in [1.29, 1.82) is 0 Å². The molecule has 0 unspecified atom stereocenters. The van der Waals surface area contributed by atoms with E-state index in [1.54, 1.807) is 0 Å². The zero-order valence-corrected chi connectivity index (χ0v) is 15.7. The molecule has 24 heavy (non-hydrogen) atoms. The van der Waals surface area contributed by atoms with Crippen molar-refractivity contribution in [1.82, 2.24) is 0 Å². The lowest BCUT2D eigenvalue weighted by molar-refractivity contribution is 0.520. The van der Waals surface area contributed by atoms with E-state index < -0.39 is 0 Å². The first-order valence-electron chi connectivity index (χ1n) is 8.29. The summed E-state index contributed by atoms with van der Waals surface area (Å²) in [6.45, 7) is 1.81. The van der Waals surface area contributed by atoms with Crippen molar-refractivity contribution in [2.45, 2.75) is 32.6 Å². The second kappa shape index (κ2) is 6.36. The molecule has 0 aromatic heterocycles. The number of hydrogen-bond donors (Lipinski definition) is 0. The summed E-state index contributed by atoms with van der Waals surface area (Å²) in [4.78, 5) is 0. The fraction of sp³-hybridized carbons (Fsp3) is 0.238. The predicted octanol–water partition coefficient (Wildman–Crippen LogP) is 6.17. The van der Waals surface area contributed by atoms with Crippen molar-refractivity contribution in [3.8, 4) is 0 Å². The molecule has 4 rings (SSSR count). The van der Waals surface area contributed by atoms with Gasteiger partial charge in [0, 0.05) is 17.6 Å². The van der Waals surface area contributed by atoms with E-state index in [2.05, 4.69) is 24.3 Å². The van der Waals surface area contributed by atoms with Gasteiger partial charge in [0.15, 0.2) is 23.0 Å². The number of aryl methyl sites for hydroxylation is 1. The normalized spacial score (nSPS) is 16.0. The summed E-state index contributed by atoms with van der Waals surface area (Å²) in [7, 11) is 0. The van der Waals surface area contributed by atoms with E-state index in [1.807, 2.05) is 48.1 Å². The van der Waals surface area contributed by atoms with Gasteiger partial charge in [-0.2, -0.15) is 0 Å². The molecular weight excluding hydrogens is 414 g/mol. The van der Waals surface area contributed by atoms with Crippen molar-refractivity contribution in [2.75, 3.05) is 0 Å². The van der Waals surface area contributed by atoms with Gasteiger partial charge in [0.1, 0.15) is 11.6 Å². The highest BCUT2D eigenvalue weighted by Gasteiger charge is 2.27. The molecular formula is C21H18FIO. The minimum atomic E-state index is -0.149. The van der Waals surface area contributed by atoms with Crippen molar-refractivity contribution in [3.63, 3.8) is 0 Å². The van der Waals surface area contributed by atoms with Crippen molar-refractivity contribution in [2.24, 2.45) is 0 Å². The van der Waals surface area contributed by atoms with Crippen LogP contribution >= 0.6 is 23.0 Å². The van der Waals surface area contributed by atoms with Gasteiger partial charge in [0.2, 0.25) is 0 Å². The molecule has 0 bridgehead atoms. The Kier molecular flexibility index (Phi) is 4.21. The van der Waals surface area contributed by atoms with Crippen LogP contribution in [0, 0.1) is 12.7 Å². The monoisotopic (exact) mass is 432 g/mol. The summed E-state index contributed by atoms with van der Waals surface area (Å²) < 4.78 is 20.4. The van der Waals surface area contributed by atoms with Gasteiger partial charge in [0.25, 0.3) is 0 Å². The summed E-state index contributed by atoms with van der Waals surface area (Å²) in [5.74, 6) is 0.725. The second-order valence-corrected chi connectivity index (χ2v) is 6.85. The highest BCUT2D eigenvalue weighted by molar-refractivity contribution is 14.1. The van der Waals surface area contributed by atoms with Crippen LogP contribution in [0.2, 0.25) is 0 Å². The maximum atomic E-state index is 14.8. The van der Waals surface area contributed by atoms with E-state index in [1.165, 1.54) is 16.7 Å². The molecule has 0 N–H and O–H groups in total. The van der Waals surface area contributed by atoms with E-state index in [-0.39, 0.29) is 5.82 Å². The third-order valence-corrected chi connectivity index (χ3v) is 5.56. The number of allylic oxidation sites excluding steroid dienone is 2. The molecule has 0 aliphatic heterocycles. The molecule has 2 aliphatic rings. The molecule has 0 saturated carbocycles. The van der Waals surface area contributed by atoms with Gasteiger partial charge in [-0.05, 0) is 54.0 Å². The lowest BCUT2D eigenvalue weighted by Crippen LogP contribution is -2.12. The summed E-state index contributed by atoms with van der Waals surface area (Å²) in [6.07, 6.45) is 8.37. The minimum absolute atomic E-state index is 0.149. The van der Waals surface area contributed by atoms with E-state index >= 15 is 0 Å². The van der Waals surface area contributed by atoms with E-state index in [9.17, 15) is 4.39 Å². The molecule has 0 saturated heterocycles. The first-order valence-corrected chi connectivity index (χ1v) is 9.17. The Labute approximate surface area is 155 Å². The molecule has 0 atom stereocenters. The maximum absolute atomic E-state index is 14.8. The molecule has 0 radical (unpaired) electrons. The fourth-order valence-corrected chi connectivity index (χ4v) is 4.29. The van der Waals surface area contributed by atoms with Gasteiger partial charge in [-0.3, -0.25) is 0 Å². The standard InChI is InChI=1S/C21H18FIO/c1-13-5-4-8-18(21(13)22)20-17-10-9-14-6-2-3-7-15(14)16(17)11-12-19(20)24-23/h2,4-6,8-10H,3,7,11-12H2,1H3. The molecule has 2 aromatic rings. The minimum Gasteiger partial charge on any atom is -0.432 e. The van der Waals surface area contributed by atoms with Crippen LogP contribution in [0.5, 0.6) is 0 Å². The van der Waals surface area contributed by atoms with Gasteiger partial charge in [-0.1, -0.05) is 42.5 Å². The first-order chi connectivity index (χ1) is 11.7. The topological polar surface area (TPSA) is 9.23 Å². The van der Waals surface area contributed by atoms with E-state index in [0.29, 0.717) is 11.1 Å². The largest absolute Gasteiger partial charge is 0.432 e. The van der Waals surface area contributed by atoms with Crippen LogP contribution in [0.15, 0.2) is 42.2 Å². The van der Waals surface area contributed by atoms with Crippen molar-refractivity contribution in [3.05, 3.63) is 81.4 Å². The zero-order valence-electron chi connectivity index (χ0n) is 13.5. The SMILES string of the molecule is Cc1cccc(C2=C(OI)CCc3c2ccc2c3CCC=C2)c1F. The van der Waals surface area contributed by atoms with Crippen LogP contribution in [0.3, 0.4) is 0 Å². The Morgan fingerprint density at radius 2 is 1.88 bits per heavy atom. The van der Waals surface area contributed by atoms with Gasteiger partial charge in [-0.15, -0.1) is 0 Å². The molecule has 0 fully saturated rings. The lowest BCUT2D eigenvalue weighted by Gasteiger charge is -2.27. The number of halogens is 2. The van der Waals surface area contributed by atoms with Crippen LogP contribution in [-0.2, 0) is 15.9 Å². The molecule has 2 aromatic carbocycles. The smallest absolute Gasteiger partial charge is 0.192 e. The van der Waals surface area contributed by atoms with Crippen molar-refractivity contribution >= 4 is 34.7 Å². The highest BCUT2D eigenvalue weighted by atomic mass is 127. The Bertz CT molecular complexity index is 880. The van der Waals surface area contributed by atoms with Crippen LogP contribution < -0.4 is 0 Å². The quantitative estimate of drug-likeness (QED) is 0.516. The van der Waals surface area contributed by atoms with E-state index in [4.69, 9.17) is 3.07 Å². The molecule has 2 aliphatic carbocycles. The lowest BCUT2D eigenvalue weighted by atomic mass is 9.79. The van der Waals surface area contributed by atoms with Gasteiger partial charge in [-0.25, -0.2) is 4.39 Å². The molecule has 0 amide bonds. The Morgan fingerprint density at radius 1 is 1.00 bits per heavy atom. The second-order valence-electron chi connectivity index (χ2n) is 6.41. The van der Waals surface area contributed by atoms with Crippen LogP contribution in [-0.4, -0.2) is 0 Å². The molecule has 3 heteroatoms. The third kappa shape index (κ3) is 2.50. The first kappa shape index (κ1) is 15.9. The summed E-state index contributed by atoms with van der Waals surface area (Å²) >= 11 is 1.92. The fourth-order valence-electron chi connectivity index (χ4n) is 3.85.